The maximum absolute atomic E-state index is 12.1. The van der Waals surface area contributed by atoms with Gasteiger partial charge in [0.15, 0.2) is 0 Å². The molecule has 0 aromatic heterocycles. The minimum absolute atomic E-state index is 0.0498. The van der Waals surface area contributed by atoms with Crippen LogP contribution in [0.3, 0.4) is 0 Å². The van der Waals surface area contributed by atoms with Gasteiger partial charge in [-0.2, -0.15) is 0 Å². The Morgan fingerprint density at radius 1 is 1.08 bits per heavy atom. The molecule has 1 fully saturated rings. The van der Waals surface area contributed by atoms with E-state index in [9.17, 15) is 4.79 Å². The maximum atomic E-state index is 12.1. The van der Waals surface area contributed by atoms with Crippen LogP contribution in [0, 0.1) is 6.92 Å². The average molecular weight is 353 g/mol. The molecule has 0 radical (unpaired) electrons. The molecule has 0 aliphatic carbocycles. The Kier molecular flexibility index (Phi) is 6.26. The summed E-state index contributed by atoms with van der Waals surface area (Å²) in [4.78, 5) is 16.8. The molecule has 26 heavy (non-hydrogen) atoms. The molecule has 5 heteroatoms. The average Bonchev–Trinajstić information content (AvgIpc) is 2.64. The van der Waals surface area contributed by atoms with Crippen LogP contribution in [0.1, 0.15) is 11.1 Å². The second-order valence-corrected chi connectivity index (χ2v) is 6.82. The molecule has 1 saturated heterocycles. The fourth-order valence-corrected chi connectivity index (χ4v) is 3.17. The van der Waals surface area contributed by atoms with Crippen LogP contribution in [0.2, 0.25) is 0 Å². The molecule has 1 aliphatic heterocycles. The van der Waals surface area contributed by atoms with Gasteiger partial charge in [-0.15, -0.1) is 0 Å². The largest absolute Gasteiger partial charge is 0.369 e. The molecule has 1 heterocycles. The van der Waals surface area contributed by atoms with Crippen molar-refractivity contribution in [2.24, 2.45) is 0 Å². The number of carbonyl (C=O) groups is 1. The third-order valence-electron chi connectivity index (χ3n) is 4.67. The maximum Gasteiger partial charge on any atom is 0.250 e. The van der Waals surface area contributed by atoms with E-state index in [1.807, 2.05) is 42.5 Å². The van der Waals surface area contributed by atoms with Crippen LogP contribution >= 0.6 is 0 Å². The first kappa shape index (κ1) is 18.4. The number of carbonyl (C=O) groups excluding carboxylic acids is 1. The second kappa shape index (κ2) is 8.83. The number of ether oxygens (including phenoxy) is 1. The van der Waals surface area contributed by atoms with Crippen LogP contribution in [0.5, 0.6) is 0 Å². The first-order valence-electron chi connectivity index (χ1n) is 9.07. The summed E-state index contributed by atoms with van der Waals surface area (Å²) >= 11 is 0. The molecular weight excluding hydrogens is 326 g/mol. The number of nitrogens with zero attached hydrogens (tertiary/aromatic N) is 2. The van der Waals surface area contributed by atoms with Gasteiger partial charge in [0.05, 0.1) is 6.61 Å². The van der Waals surface area contributed by atoms with Gasteiger partial charge in [0.2, 0.25) is 5.91 Å². The lowest BCUT2D eigenvalue weighted by molar-refractivity contribution is -0.121. The number of amides is 1. The summed E-state index contributed by atoms with van der Waals surface area (Å²) < 4.78 is 5.49. The topological polar surface area (TPSA) is 44.8 Å². The minimum Gasteiger partial charge on any atom is -0.369 e. The first-order valence-corrected chi connectivity index (χ1v) is 9.07. The quantitative estimate of drug-likeness (QED) is 0.867. The van der Waals surface area contributed by atoms with Crippen LogP contribution in [-0.2, 0) is 16.1 Å². The van der Waals surface area contributed by atoms with Crippen molar-refractivity contribution in [1.82, 2.24) is 4.90 Å². The Morgan fingerprint density at radius 3 is 2.50 bits per heavy atom. The number of hydrogen-bond donors (Lipinski definition) is 1. The van der Waals surface area contributed by atoms with Crippen molar-refractivity contribution in [3.05, 3.63) is 59.7 Å². The van der Waals surface area contributed by atoms with Gasteiger partial charge in [-0.25, -0.2) is 0 Å². The van der Waals surface area contributed by atoms with Gasteiger partial charge in [0, 0.05) is 37.6 Å². The summed E-state index contributed by atoms with van der Waals surface area (Å²) in [7, 11) is 2.16. The van der Waals surface area contributed by atoms with E-state index in [4.69, 9.17) is 4.74 Å². The van der Waals surface area contributed by atoms with Crippen molar-refractivity contribution in [3.63, 3.8) is 0 Å². The molecule has 0 spiro atoms. The zero-order chi connectivity index (χ0) is 18.4. The number of rotatable bonds is 6. The van der Waals surface area contributed by atoms with Gasteiger partial charge in [0.25, 0.3) is 0 Å². The standard InChI is InChI=1S/C21H27N3O2/c1-17-14-19(8-9-20(17)24-12-10-23(2)11-13-24)22-21(25)16-26-15-18-6-4-3-5-7-18/h3-9,14H,10-13,15-16H2,1-2H3,(H,22,25). The summed E-state index contributed by atoms with van der Waals surface area (Å²) in [6.07, 6.45) is 0. The fourth-order valence-electron chi connectivity index (χ4n) is 3.17. The molecule has 0 saturated carbocycles. The van der Waals surface area contributed by atoms with Crippen LogP contribution in [0.25, 0.3) is 0 Å². The molecule has 0 bridgehead atoms. The van der Waals surface area contributed by atoms with Gasteiger partial charge in [-0.3, -0.25) is 4.79 Å². The second-order valence-electron chi connectivity index (χ2n) is 6.82. The van der Waals surface area contributed by atoms with E-state index in [-0.39, 0.29) is 12.5 Å². The molecular formula is C21H27N3O2. The molecule has 5 nitrogen and oxygen atoms in total. The fraction of sp³-hybridized carbons (Fsp3) is 0.381. The van der Waals surface area contributed by atoms with Crippen molar-refractivity contribution in [2.75, 3.05) is 50.1 Å². The van der Waals surface area contributed by atoms with Crippen molar-refractivity contribution in [1.29, 1.82) is 0 Å². The summed E-state index contributed by atoms with van der Waals surface area (Å²) in [5.41, 5.74) is 4.30. The molecule has 3 rings (SSSR count). The van der Waals surface area contributed by atoms with E-state index in [1.165, 1.54) is 11.3 Å². The Morgan fingerprint density at radius 2 is 1.81 bits per heavy atom. The van der Waals surface area contributed by atoms with Crippen LogP contribution < -0.4 is 10.2 Å². The molecule has 138 valence electrons. The summed E-state index contributed by atoms with van der Waals surface area (Å²) in [6, 6.07) is 16.0. The van der Waals surface area contributed by atoms with E-state index in [1.54, 1.807) is 0 Å². The summed E-state index contributed by atoms with van der Waals surface area (Å²) in [5, 5.41) is 2.92. The zero-order valence-corrected chi connectivity index (χ0v) is 15.6. The van der Waals surface area contributed by atoms with E-state index in [0.29, 0.717) is 6.61 Å². The van der Waals surface area contributed by atoms with Crippen LogP contribution in [0.15, 0.2) is 48.5 Å². The Balaban J connectivity index is 1.50. The highest BCUT2D eigenvalue weighted by Gasteiger charge is 2.16. The number of benzene rings is 2. The third kappa shape index (κ3) is 5.07. The van der Waals surface area contributed by atoms with Crippen molar-refractivity contribution in [3.8, 4) is 0 Å². The van der Waals surface area contributed by atoms with Crippen LogP contribution in [0.4, 0.5) is 11.4 Å². The SMILES string of the molecule is Cc1cc(NC(=O)COCc2ccccc2)ccc1N1CCN(C)CC1. The van der Waals surface area contributed by atoms with Crippen molar-refractivity contribution in [2.45, 2.75) is 13.5 Å². The zero-order valence-electron chi connectivity index (χ0n) is 15.6. The number of nitrogens with one attached hydrogen (secondary N) is 1. The molecule has 0 unspecified atom stereocenters. The highest BCUT2D eigenvalue weighted by atomic mass is 16.5. The lowest BCUT2D eigenvalue weighted by Gasteiger charge is -2.35. The predicted octanol–water partition coefficient (Wildman–Crippen LogP) is 2.90. The van der Waals surface area contributed by atoms with E-state index < -0.39 is 0 Å². The van der Waals surface area contributed by atoms with E-state index >= 15 is 0 Å². The predicted molar refractivity (Wildman–Crippen MR) is 106 cm³/mol. The Bertz CT molecular complexity index is 725. The first-order chi connectivity index (χ1) is 12.6. The minimum atomic E-state index is -0.132. The monoisotopic (exact) mass is 353 g/mol. The lowest BCUT2D eigenvalue weighted by atomic mass is 10.1. The molecule has 1 N–H and O–H groups in total. The smallest absolute Gasteiger partial charge is 0.250 e. The van der Waals surface area contributed by atoms with Gasteiger partial charge >= 0.3 is 0 Å². The number of hydrogen-bond acceptors (Lipinski definition) is 4. The van der Waals surface area contributed by atoms with Gasteiger partial charge in [-0.05, 0) is 43.3 Å². The van der Waals surface area contributed by atoms with E-state index in [0.717, 1.165) is 37.4 Å². The Hall–Kier alpha value is -2.37. The molecule has 2 aromatic rings. The van der Waals surface area contributed by atoms with Gasteiger partial charge in [-0.1, -0.05) is 30.3 Å². The third-order valence-corrected chi connectivity index (χ3v) is 4.67. The van der Waals surface area contributed by atoms with Gasteiger partial charge in [0.1, 0.15) is 6.61 Å². The Labute approximate surface area is 155 Å². The number of piperazine rings is 1. The molecule has 1 amide bonds. The van der Waals surface area contributed by atoms with Crippen molar-refractivity contribution < 1.29 is 9.53 Å². The molecule has 1 aliphatic rings. The summed E-state index contributed by atoms with van der Waals surface area (Å²) in [5.74, 6) is -0.132. The normalized spacial score (nSPS) is 15.1. The molecule has 0 atom stereocenters. The highest BCUT2D eigenvalue weighted by molar-refractivity contribution is 5.92. The molecule has 2 aromatic carbocycles. The summed E-state index contributed by atoms with van der Waals surface area (Å²) in [6.45, 7) is 6.82. The van der Waals surface area contributed by atoms with E-state index in [2.05, 4.69) is 35.2 Å². The van der Waals surface area contributed by atoms with Gasteiger partial charge < -0.3 is 19.9 Å². The van der Waals surface area contributed by atoms with Crippen LogP contribution in [-0.4, -0.2) is 50.6 Å². The van der Waals surface area contributed by atoms with Crippen molar-refractivity contribution >= 4 is 17.3 Å². The highest BCUT2D eigenvalue weighted by Crippen LogP contribution is 2.24. The number of aryl methyl sites for hydroxylation is 1. The lowest BCUT2D eigenvalue weighted by Crippen LogP contribution is -2.44. The number of likely N-dealkylation sites (N-methyl/N-ethyl adjacent to an activating group) is 1. The number of anilines is 2.